The largest absolute Gasteiger partial charge is 0.335 e. The fraction of sp³-hybridized carbons (Fsp3) is 0.692. The number of carbonyl (C=O) groups excluding carboxylic acids is 2. The predicted octanol–water partition coefficient (Wildman–Crippen LogP) is 3.80. The van der Waals surface area contributed by atoms with Gasteiger partial charge in [-0.1, -0.05) is 0 Å². The predicted molar refractivity (Wildman–Crippen MR) is 131 cm³/mol. The van der Waals surface area contributed by atoms with Gasteiger partial charge in [-0.15, -0.1) is 0 Å². The molecule has 3 amide bonds. The van der Waals surface area contributed by atoms with Gasteiger partial charge in [0.2, 0.25) is 5.91 Å². The van der Waals surface area contributed by atoms with Crippen molar-refractivity contribution in [3.05, 3.63) is 34.4 Å². The molecule has 1 aromatic rings. The molecule has 4 saturated carbocycles. The van der Waals surface area contributed by atoms with E-state index in [4.69, 9.17) is 0 Å². The van der Waals surface area contributed by atoms with Crippen molar-refractivity contribution in [2.24, 2.45) is 17.8 Å². The number of non-ortho nitro benzene ring substituents is 1. The Morgan fingerprint density at radius 2 is 1.51 bits per heavy atom. The summed E-state index contributed by atoms with van der Waals surface area (Å²) in [4.78, 5) is 38.3. The fourth-order valence-electron chi connectivity index (χ4n) is 8.41. The van der Waals surface area contributed by atoms with Crippen LogP contribution in [0.3, 0.4) is 0 Å². The van der Waals surface area contributed by atoms with Crippen molar-refractivity contribution in [1.29, 1.82) is 0 Å². The maximum atomic E-state index is 13.0. The highest BCUT2D eigenvalue weighted by molar-refractivity contribution is 5.92. The summed E-state index contributed by atoms with van der Waals surface area (Å²) < 4.78 is 0. The van der Waals surface area contributed by atoms with E-state index in [1.54, 1.807) is 12.1 Å². The zero-order valence-electron chi connectivity index (χ0n) is 20.1. The molecule has 2 heterocycles. The maximum absolute atomic E-state index is 13.0. The van der Waals surface area contributed by atoms with E-state index in [0.29, 0.717) is 24.3 Å². The van der Waals surface area contributed by atoms with E-state index in [0.717, 1.165) is 62.7 Å². The number of urea groups is 1. The van der Waals surface area contributed by atoms with Crippen LogP contribution in [0, 0.1) is 27.9 Å². The lowest BCUT2D eigenvalue weighted by Crippen LogP contribution is -2.63. The van der Waals surface area contributed by atoms with Crippen LogP contribution < -0.4 is 16.0 Å². The number of fused-ring (bicyclic) bond motifs is 2. The molecule has 0 aromatic heterocycles. The molecule has 7 rings (SSSR count). The molecular formula is C26H35N5O4. The first-order valence-electron chi connectivity index (χ1n) is 13.2. The Morgan fingerprint density at radius 3 is 2.06 bits per heavy atom. The second kappa shape index (κ2) is 8.76. The number of rotatable bonds is 6. The second-order valence-electron chi connectivity index (χ2n) is 11.9. The van der Waals surface area contributed by atoms with Gasteiger partial charge in [-0.3, -0.25) is 19.8 Å². The van der Waals surface area contributed by atoms with Gasteiger partial charge in [-0.25, -0.2) is 4.79 Å². The third-order valence-electron chi connectivity index (χ3n) is 9.32. The zero-order chi connectivity index (χ0) is 24.2. The van der Waals surface area contributed by atoms with Crippen LogP contribution in [-0.4, -0.2) is 52.0 Å². The van der Waals surface area contributed by atoms with Crippen LogP contribution in [0.25, 0.3) is 0 Å². The molecule has 1 aromatic carbocycles. The third kappa shape index (κ3) is 4.62. The fourth-order valence-corrected chi connectivity index (χ4v) is 8.41. The quantitative estimate of drug-likeness (QED) is 0.422. The average Bonchev–Trinajstić information content (AvgIpc) is 3.00. The number of carbonyl (C=O) groups is 2. The minimum atomic E-state index is -0.453. The first kappa shape index (κ1) is 22.8. The van der Waals surface area contributed by atoms with Crippen LogP contribution in [0.5, 0.6) is 0 Å². The molecule has 9 heteroatoms. The molecule has 6 fully saturated rings. The number of benzene rings is 1. The first-order chi connectivity index (χ1) is 16.8. The number of hydrogen-bond donors (Lipinski definition) is 3. The van der Waals surface area contributed by atoms with E-state index < -0.39 is 4.92 Å². The Labute approximate surface area is 205 Å². The van der Waals surface area contributed by atoms with E-state index in [1.165, 1.54) is 31.4 Å². The number of nitro benzene ring substituents is 1. The number of hydrogen-bond acceptors (Lipinski definition) is 5. The summed E-state index contributed by atoms with van der Waals surface area (Å²) in [6.45, 7) is 0.304. The molecule has 3 N–H and O–H groups in total. The molecule has 0 radical (unpaired) electrons. The van der Waals surface area contributed by atoms with Gasteiger partial charge in [-0.2, -0.15) is 0 Å². The van der Waals surface area contributed by atoms with Gasteiger partial charge in [-0.05, 0) is 94.1 Å². The highest BCUT2D eigenvalue weighted by atomic mass is 16.6. The van der Waals surface area contributed by atoms with Crippen LogP contribution >= 0.6 is 0 Å². The lowest BCUT2D eigenvalue weighted by atomic mass is 9.53. The highest BCUT2D eigenvalue weighted by Gasteiger charge is 2.52. The van der Waals surface area contributed by atoms with Crippen molar-refractivity contribution >= 4 is 23.3 Å². The van der Waals surface area contributed by atoms with Crippen molar-refractivity contribution in [2.45, 2.75) is 87.9 Å². The summed E-state index contributed by atoms with van der Waals surface area (Å²) >= 11 is 0. The Hall–Kier alpha value is -2.68. The Morgan fingerprint density at radius 1 is 0.943 bits per heavy atom. The Bertz CT molecular complexity index is 962. The summed E-state index contributed by atoms with van der Waals surface area (Å²) in [7, 11) is 0. The van der Waals surface area contributed by atoms with Gasteiger partial charge >= 0.3 is 6.03 Å². The van der Waals surface area contributed by atoms with Crippen LogP contribution in [0.4, 0.5) is 16.2 Å². The Kier molecular flexibility index (Phi) is 5.70. The smallest absolute Gasteiger partial charge is 0.315 e. The van der Waals surface area contributed by atoms with Crippen LogP contribution in [0.2, 0.25) is 0 Å². The van der Waals surface area contributed by atoms with Gasteiger partial charge < -0.3 is 16.0 Å². The SMILES string of the molecule is O=C(CN1[C@@H]2CC[C@H]1CC(NC(=O)NC13CC4CC(CC(C4)C1)C3)C2)Nc1ccc([N+](=O)[O-])cc1. The van der Waals surface area contributed by atoms with Crippen LogP contribution in [0.1, 0.15) is 64.2 Å². The van der Waals surface area contributed by atoms with Crippen molar-refractivity contribution in [3.8, 4) is 0 Å². The Balaban J connectivity index is 1.00. The summed E-state index contributed by atoms with van der Waals surface area (Å²) in [6.07, 6.45) is 11.4. The highest BCUT2D eigenvalue weighted by Crippen LogP contribution is 2.55. The molecule has 4 aliphatic carbocycles. The summed E-state index contributed by atoms with van der Waals surface area (Å²) in [6, 6.07) is 6.64. The zero-order valence-corrected chi connectivity index (χ0v) is 20.1. The van der Waals surface area contributed by atoms with Crippen molar-refractivity contribution in [1.82, 2.24) is 15.5 Å². The average molecular weight is 482 g/mol. The molecule has 6 aliphatic rings. The van der Waals surface area contributed by atoms with Gasteiger partial charge in [0.05, 0.1) is 11.5 Å². The molecule has 6 bridgehead atoms. The van der Waals surface area contributed by atoms with E-state index in [2.05, 4.69) is 20.9 Å². The number of nitrogens with zero attached hydrogens (tertiary/aromatic N) is 2. The van der Waals surface area contributed by atoms with Gasteiger partial charge in [0, 0.05) is 41.5 Å². The minimum absolute atomic E-state index is 0.000661. The van der Waals surface area contributed by atoms with E-state index in [1.807, 2.05) is 0 Å². The molecule has 1 unspecified atom stereocenters. The first-order valence-corrected chi connectivity index (χ1v) is 13.2. The summed E-state index contributed by atoms with van der Waals surface area (Å²) in [5.41, 5.74) is 0.586. The molecule has 188 valence electrons. The lowest BCUT2D eigenvalue weighted by molar-refractivity contribution is -0.384. The second-order valence-corrected chi connectivity index (χ2v) is 11.9. The standard InChI is InChI=1S/C26H35N5O4/c32-24(27-19-1-3-21(4-2-19)31(34)35)15-30-22-5-6-23(30)11-20(10-22)28-25(33)29-26-12-16-7-17(13-26)9-18(8-16)14-26/h1-4,16-18,20,22-23H,5-15H2,(H,27,32)(H2,28,29,33)/t16?,17?,18?,20?,22-,23+,26?. The molecule has 0 spiro atoms. The van der Waals surface area contributed by atoms with E-state index in [9.17, 15) is 19.7 Å². The normalized spacial score (nSPS) is 37.1. The molecule has 3 atom stereocenters. The summed E-state index contributed by atoms with van der Waals surface area (Å²) in [5, 5.41) is 20.4. The number of nitrogens with one attached hydrogen (secondary N) is 3. The van der Waals surface area contributed by atoms with Crippen LogP contribution in [-0.2, 0) is 4.79 Å². The molecule has 35 heavy (non-hydrogen) atoms. The maximum Gasteiger partial charge on any atom is 0.315 e. The molecule has 9 nitrogen and oxygen atoms in total. The van der Waals surface area contributed by atoms with Crippen molar-refractivity contribution in [3.63, 3.8) is 0 Å². The lowest BCUT2D eigenvalue weighted by Gasteiger charge is -2.56. The van der Waals surface area contributed by atoms with Crippen molar-refractivity contribution < 1.29 is 14.5 Å². The summed E-state index contributed by atoms with van der Waals surface area (Å²) in [5.74, 6) is 2.30. The van der Waals surface area contributed by atoms with Crippen molar-refractivity contribution in [2.75, 3.05) is 11.9 Å². The van der Waals surface area contributed by atoms with Gasteiger partial charge in [0.1, 0.15) is 0 Å². The number of amides is 3. The van der Waals surface area contributed by atoms with E-state index in [-0.39, 0.29) is 29.2 Å². The van der Waals surface area contributed by atoms with E-state index >= 15 is 0 Å². The molecule has 2 aliphatic heterocycles. The van der Waals surface area contributed by atoms with Gasteiger partial charge in [0.25, 0.3) is 5.69 Å². The topological polar surface area (TPSA) is 117 Å². The minimum Gasteiger partial charge on any atom is -0.335 e. The molecular weight excluding hydrogens is 446 g/mol. The molecule has 2 saturated heterocycles. The number of anilines is 1. The third-order valence-corrected chi connectivity index (χ3v) is 9.32. The van der Waals surface area contributed by atoms with Gasteiger partial charge in [0.15, 0.2) is 0 Å². The monoisotopic (exact) mass is 481 g/mol. The number of nitro groups is 1. The number of piperidine rings is 1. The van der Waals surface area contributed by atoms with Crippen LogP contribution in [0.15, 0.2) is 24.3 Å².